The molecular weight excluding hydrogens is 312 g/mol. The lowest BCUT2D eigenvalue weighted by molar-refractivity contribution is 0.481. The largest absolute Gasteiger partial charge is 0.456 e. The highest BCUT2D eigenvalue weighted by Gasteiger charge is 2.09. The lowest BCUT2D eigenvalue weighted by Crippen LogP contribution is -1.95. The van der Waals surface area contributed by atoms with E-state index < -0.39 is 0 Å². The first-order valence-electron chi connectivity index (χ1n) is 6.73. The van der Waals surface area contributed by atoms with Crippen LogP contribution in [0.5, 0.6) is 11.5 Å². The molecule has 0 fully saturated rings. The van der Waals surface area contributed by atoms with Crippen LogP contribution in [-0.2, 0) is 0 Å². The molecule has 0 amide bonds. The van der Waals surface area contributed by atoms with E-state index in [1.54, 1.807) is 42.6 Å². The molecule has 112 valence electrons. The number of rotatable bonds is 3. The van der Waals surface area contributed by atoms with E-state index >= 15 is 0 Å². The fraction of sp³-hybridized carbons (Fsp3) is 0. The molecule has 0 saturated heterocycles. The summed E-state index contributed by atoms with van der Waals surface area (Å²) in [7, 11) is 0. The van der Waals surface area contributed by atoms with Gasteiger partial charge in [0, 0.05) is 11.8 Å². The number of nitrogens with zero attached hydrogens (tertiary/aromatic N) is 3. The van der Waals surface area contributed by atoms with Gasteiger partial charge in [-0.1, -0.05) is 17.7 Å². The van der Waals surface area contributed by atoms with Gasteiger partial charge in [0.15, 0.2) is 0 Å². The van der Waals surface area contributed by atoms with E-state index in [0.717, 1.165) is 11.3 Å². The number of nitriles is 1. The second-order valence-electron chi connectivity index (χ2n) is 4.65. The number of nitrogen functional groups attached to an aromatic ring is 1. The molecule has 0 unspecified atom stereocenters. The molecule has 3 aromatic rings. The fourth-order valence-electron chi connectivity index (χ4n) is 2.05. The zero-order valence-electron chi connectivity index (χ0n) is 11.9. The molecule has 0 aliphatic carbocycles. The van der Waals surface area contributed by atoms with Gasteiger partial charge >= 0.3 is 0 Å². The Morgan fingerprint density at radius 3 is 2.57 bits per heavy atom. The van der Waals surface area contributed by atoms with E-state index in [-0.39, 0.29) is 5.95 Å². The maximum Gasteiger partial charge on any atom is 0.220 e. The monoisotopic (exact) mass is 322 g/mol. The van der Waals surface area contributed by atoms with Gasteiger partial charge in [-0.25, -0.2) is 9.97 Å². The molecular formula is C17H11ClN4O. The summed E-state index contributed by atoms with van der Waals surface area (Å²) in [6.07, 6.45) is 1.60. The summed E-state index contributed by atoms with van der Waals surface area (Å²) < 4.78 is 5.73. The van der Waals surface area contributed by atoms with Crippen molar-refractivity contribution in [2.45, 2.75) is 0 Å². The molecule has 0 bridgehead atoms. The number of benzene rings is 2. The van der Waals surface area contributed by atoms with Gasteiger partial charge in [-0.15, -0.1) is 0 Å². The zero-order valence-corrected chi connectivity index (χ0v) is 12.7. The second kappa shape index (κ2) is 6.34. The van der Waals surface area contributed by atoms with E-state index in [1.807, 2.05) is 18.2 Å². The van der Waals surface area contributed by atoms with Crippen molar-refractivity contribution in [1.82, 2.24) is 9.97 Å². The Labute approximate surface area is 137 Å². The van der Waals surface area contributed by atoms with Gasteiger partial charge in [-0.2, -0.15) is 5.26 Å². The average Bonchev–Trinajstić information content (AvgIpc) is 2.56. The summed E-state index contributed by atoms with van der Waals surface area (Å²) >= 11 is 5.99. The fourth-order valence-corrected chi connectivity index (χ4v) is 2.26. The molecule has 0 aliphatic heterocycles. The number of hydrogen-bond acceptors (Lipinski definition) is 5. The van der Waals surface area contributed by atoms with Crippen LogP contribution in [0.4, 0.5) is 5.95 Å². The van der Waals surface area contributed by atoms with Crippen LogP contribution in [0.15, 0.2) is 54.7 Å². The highest BCUT2D eigenvalue weighted by molar-refractivity contribution is 6.31. The zero-order chi connectivity index (χ0) is 16.2. The number of nitrogens with two attached hydrogens (primary N) is 1. The maximum atomic E-state index is 9.16. The van der Waals surface area contributed by atoms with Crippen molar-refractivity contribution >= 4 is 17.5 Å². The molecule has 1 aromatic heterocycles. The first kappa shape index (κ1) is 14.8. The lowest BCUT2D eigenvalue weighted by atomic mass is 10.1. The van der Waals surface area contributed by atoms with Gasteiger partial charge in [-0.05, 0) is 42.5 Å². The van der Waals surface area contributed by atoms with E-state index in [9.17, 15) is 0 Å². The van der Waals surface area contributed by atoms with Crippen LogP contribution in [0.2, 0.25) is 5.02 Å². The van der Waals surface area contributed by atoms with Crippen molar-refractivity contribution in [2.24, 2.45) is 0 Å². The first-order valence-corrected chi connectivity index (χ1v) is 7.10. The minimum absolute atomic E-state index is 0.223. The summed E-state index contributed by atoms with van der Waals surface area (Å²) in [6.45, 7) is 0. The van der Waals surface area contributed by atoms with Crippen molar-refractivity contribution in [3.05, 3.63) is 65.3 Å². The van der Waals surface area contributed by atoms with Crippen LogP contribution in [0.25, 0.3) is 11.3 Å². The molecule has 0 radical (unpaired) electrons. The predicted octanol–water partition coefficient (Wildman–Crippen LogP) is 4.04. The molecule has 1 heterocycles. The van der Waals surface area contributed by atoms with Crippen molar-refractivity contribution in [3.63, 3.8) is 0 Å². The van der Waals surface area contributed by atoms with Crippen LogP contribution < -0.4 is 10.5 Å². The summed E-state index contributed by atoms with van der Waals surface area (Å²) in [5.41, 5.74) is 7.50. The van der Waals surface area contributed by atoms with E-state index in [2.05, 4.69) is 9.97 Å². The van der Waals surface area contributed by atoms with Crippen molar-refractivity contribution in [2.75, 3.05) is 5.73 Å². The minimum atomic E-state index is 0.223. The van der Waals surface area contributed by atoms with Gasteiger partial charge in [0.25, 0.3) is 0 Å². The quantitative estimate of drug-likeness (QED) is 0.786. The molecule has 0 spiro atoms. The highest BCUT2D eigenvalue weighted by Crippen LogP contribution is 2.30. The van der Waals surface area contributed by atoms with E-state index in [1.165, 1.54) is 0 Å². The summed E-state index contributed by atoms with van der Waals surface area (Å²) in [5, 5.41) is 9.51. The Bertz CT molecular complexity index is 888. The van der Waals surface area contributed by atoms with Gasteiger partial charge in [0.05, 0.1) is 10.7 Å². The standard InChI is InChI=1S/C17H11ClN4O/c18-14-2-1-3-16(13(14)10-19)23-12-6-4-11(5-7-12)15-8-9-21-17(20)22-15/h1-9H,(H2,20,21,22). The molecule has 3 rings (SSSR count). The summed E-state index contributed by atoms with van der Waals surface area (Å²) in [6, 6.07) is 16.2. The van der Waals surface area contributed by atoms with Gasteiger partial charge in [0.2, 0.25) is 5.95 Å². The van der Waals surface area contributed by atoms with Crippen molar-refractivity contribution in [3.8, 4) is 28.8 Å². The molecule has 2 aromatic carbocycles. The minimum Gasteiger partial charge on any atom is -0.456 e. The molecule has 23 heavy (non-hydrogen) atoms. The van der Waals surface area contributed by atoms with Crippen molar-refractivity contribution in [1.29, 1.82) is 5.26 Å². The van der Waals surface area contributed by atoms with Gasteiger partial charge in [-0.3, -0.25) is 0 Å². The number of anilines is 1. The number of aromatic nitrogens is 2. The Balaban J connectivity index is 1.87. The number of ether oxygens (including phenoxy) is 1. The van der Waals surface area contributed by atoms with E-state index in [0.29, 0.717) is 22.1 Å². The van der Waals surface area contributed by atoms with Crippen LogP contribution in [0.1, 0.15) is 5.56 Å². The predicted molar refractivity (Wildman–Crippen MR) is 88.1 cm³/mol. The molecule has 0 saturated carbocycles. The number of halogens is 1. The third kappa shape index (κ3) is 3.23. The van der Waals surface area contributed by atoms with Crippen molar-refractivity contribution < 1.29 is 4.74 Å². The molecule has 5 nitrogen and oxygen atoms in total. The third-order valence-electron chi connectivity index (χ3n) is 3.14. The molecule has 2 N–H and O–H groups in total. The topological polar surface area (TPSA) is 84.8 Å². The van der Waals surface area contributed by atoms with Crippen LogP contribution in [-0.4, -0.2) is 9.97 Å². The highest BCUT2D eigenvalue weighted by atomic mass is 35.5. The molecule has 0 atom stereocenters. The van der Waals surface area contributed by atoms with Gasteiger partial charge < -0.3 is 10.5 Å². The summed E-state index contributed by atoms with van der Waals surface area (Å²) in [5.74, 6) is 1.23. The first-order chi connectivity index (χ1) is 11.2. The normalized spacial score (nSPS) is 10.1. The lowest BCUT2D eigenvalue weighted by Gasteiger charge is -2.09. The number of hydrogen-bond donors (Lipinski definition) is 1. The molecule has 0 aliphatic rings. The second-order valence-corrected chi connectivity index (χ2v) is 5.06. The van der Waals surface area contributed by atoms with E-state index in [4.69, 9.17) is 27.3 Å². The Kier molecular flexibility index (Phi) is 4.09. The maximum absolute atomic E-state index is 9.16. The third-order valence-corrected chi connectivity index (χ3v) is 3.45. The van der Waals surface area contributed by atoms with Crippen LogP contribution >= 0.6 is 11.6 Å². The Morgan fingerprint density at radius 1 is 1.09 bits per heavy atom. The Morgan fingerprint density at radius 2 is 1.87 bits per heavy atom. The molecule has 6 heteroatoms. The van der Waals surface area contributed by atoms with Crippen LogP contribution in [0.3, 0.4) is 0 Å². The SMILES string of the molecule is N#Cc1c(Cl)cccc1Oc1ccc(-c2ccnc(N)n2)cc1. The Hall–Kier alpha value is -3.10. The van der Waals surface area contributed by atoms with Crippen LogP contribution in [0, 0.1) is 11.3 Å². The summed E-state index contributed by atoms with van der Waals surface area (Å²) in [4.78, 5) is 8.03. The van der Waals surface area contributed by atoms with Gasteiger partial charge in [0.1, 0.15) is 23.1 Å². The smallest absolute Gasteiger partial charge is 0.220 e. The average molecular weight is 323 g/mol.